The van der Waals surface area contributed by atoms with Crippen LogP contribution in [0.15, 0.2) is 47.4 Å². The Labute approximate surface area is 165 Å². The molecule has 2 aromatic carbocycles. The second-order valence-electron chi connectivity index (χ2n) is 7.19. The average Bonchev–Trinajstić information content (AvgIpc) is 2.74. The van der Waals surface area contributed by atoms with Crippen LogP contribution in [0.3, 0.4) is 0 Å². The first-order valence-electron chi connectivity index (χ1n) is 9.65. The van der Waals surface area contributed by atoms with Gasteiger partial charge in [0.1, 0.15) is 0 Å². The Morgan fingerprint density at radius 2 is 1.61 bits per heavy atom. The summed E-state index contributed by atoms with van der Waals surface area (Å²) in [6.45, 7) is 1.54. The van der Waals surface area contributed by atoms with Crippen LogP contribution < -0.4 is 5.32 Å². The van der Waals surface area contributed by atoms with E-state index in [0.29, 0.717) is 37.6 Å². The van der Waals surface area contributed by atoms with Gasteiger partial charge in [0, 0.05) is 24.3 Å². The predicted octanol–water partition coefficient (Wildman–Crippen LogP) is 2.84. The van der Waals surface area contributed by atoms with Gasteiger partial charge in [0.25, 0.3) is 5.91 Å². The smallest absolute Gasteiger partial charge is 0.255 e. The van der Waals surface area contributed by atoms with Gasteiger partial charge in [-0.15, -0.1) is 0 Å². The molecule has 1 aliphatic heterocycles. The van der Waals surface area contributed by atoms with Crippen molar-refractivity contribution in [3.63, 3.8) is 0 Å². The summed E-state index contributed by atoms with van der Waals surface area (Å²) in [5, 5.41) is 2.86. The Balaban J connectivity index is 1.46. The SMILES string of the molecule is O=C(Nc1ccc(S(=O)(=O)N2CCOCC2)cc1)c1ccc2c(c1)CCCC2. The molecule has 6 nitrogen and oxygen atoms in total. The molecule has 28 heavy (non-hydrogen) atoms. The predicted molar refractivity (Wildman–Crippen MR) is 107 cm³/mol. The number of nitrogens with one attached hydrogen (secondary N) is 1. The minimum Gasteiger partial charge on any atom is -0.379 e. The van der Waals surface area contributed by atoms with E-state index in [-0.39, 0.29) is 10.8 Å². The zero-order valence-electron chi connectivity index (χ0n) is 15.7. The van der Waals surface area contributed by atoms with E-state index >= 15 is 0 Å². The van der Waals surface area contributed by atoms with E-state index in [0.717, 1.165) is 19.3 Å². The Hall–Kier alpha value is -2.22. The molecule has 0 radical (unpaired) electrons. The third-order valence-corrected chi connectivity index (χ3v) is 7.24. The molecule has 4 rings (SSSR count). The summed E-state index contributed by atoms with van der Waals surface area (Å²) >= 11 is 0. The molecule has 0 bridgehead atoms. The number of fused-ring (bicyclic) bond motifs is 1. The summed E-state index contributed by atoms with van der Waals surface area (Å²) in [6, 6.07) is 12.2. The van der Waals surface area contributed by atoms with Crippen LogP contribution in [0.1, 0.15) is 34.3 Å². The quantitative estimate of drug-likeness (QED) is 0.856. The van der Waals surface area contributed by atoms with Crippen molar-refractivity contribution in [2.75, 3.05) is 31.6 Å². The molecule has 0 unspecified atom stereocenters. The summed E-state index contributed by atoms with van der Waals surface area (Å²) in [4.78, 5) is 12.8. The van der Waals surface area contributed by atoms with Crippen molar-refractivity contribution in [2.24, 2.45) is 0 Å². The Morgan fingerprint density at radius 3 is 2.32 bits per heavy atom. The number of carbonyl (C=O) groups is 1. The second kappa shape index (κ2) is 8.03. The monoisotopic (exact) mass is 400 g/mol. The Morgan fingerprint density at radius 1 is 0.929 bits per heavy atom. The molecule has 1 saturated heterocycles. The molecule has 0 atom stereocenters. The topological polar surface area (TPSA) is 75.7 Å². The zero-order chi connectivity index (χ0) is 19.6. The summed E-state index contributed by atoms with van der Waals surface area (Å²) in [7, 11) is -3.53. The molecule has 1 aliphatic carbocycles. The van der Waals surface area contributed by atoms with Crippen LogP contribution in [0, 0.1) is 0 Å². The van der Waals surface area contributed by atoms with Gasteiger partial charge in [0.05, 0.1) is 18.1 Å². The highest BCUT2D eigenvalue weighted by molar-refractivity contribution is 7.89. The maximum Gasteiger partial charge on any atom is 0.255 e. The van der Waals surface area contributed by atoms with Gasteiger partial charge in [-0.25, -0.2) is 8.42 Å². The number of amides is 1. The van der Waals surface area contributed by atoms with Crippen molar-refractivity contribution < 1.29 is 17.9 Å². The molecule has 148 valence electrons. The van der Waals surface area contributed by atoms with Crippen LogP contribution in [0.5, 0.6) is 0 Å². The number of nitrogens with zero attached hydrogens (tertiary/aromatic N) is 1. The molecule has 2 aliphatic rings. The van der Waals surface area contributed by atoms with E-state index in [1.165, 1.54) is 34.0 Å². The molecule has 1 amide bonds. The van der Waals surface area contributed by atoms with Gasteiger partial charge in [-0.3, -0.25) is 4.79 Å². The van der Waals surface area contributed by atoms with E-state index < -0.39 is 10.0 Å². The number of carbonyl (C=O) groups excluding carboxylic acids is 1. The van der Waals surface area contributed by atoms with Crippen LogP contribution >= 0.6 is 0 Å². The fourth-order valence-corrected chi connectivity index (χ4v) is 5.13. The van der Waals surface area contributed by atoms with Crippen molar-refractivity contribution in [2.45, 2.75) is 30.6 Å². The van der Waals surface area contributed by atoms with E-state index in [1.54, 1.807) is 12.1 Å². The van der Waals surface area contributed by atoms with Gasteiger partial charge in [-0.2, -0.15) is 4.31 Å². The molecule has 7 heteroatoms. The molecule has 1 fully saturated rings. The van der Waals surface area contributed by atoms with Gasteiger partial charge in [0.2, 0.25) is 10.0 Å². The number of anilines is 1. The number of hydrogen-bond acceptors (Lipinski definition) is 4. The Bertz CT molecular complexity index is 964. The molecule has 0 aromatic heterocycles. The first kappa shape index (κ1) is 19.1. The first-order valence-corrected chi connectivity index (χ1v) is 11.1. The van der Waals surface area contributed by atoms with Crippen LogP contribution in [0.25, 0.3) is 0 Å². The highest BCUT2D eigenvalue weighted by Gasteiger charge is 2.26. The zero-order valence-corrected chi connectivity index (χ0v) is 16.5. The summed E-state index contributed by atoms with van der Waals surface area (Å²) in [5.74, 6) is -0.183. The van der Waals surface area contributed by atoms with Gasteiger partial charge in [-0.1, -0.05) is 6.07 Å². The number of rotatable bonds is 4. The lowest BCUT2D eigenvalue weighted by Crippen LogP contribution is -2.40. The van der Waals surface area contributed by atoms with Crippen molar-refractivity contribution in [1.29, 1.82) is 0 Å². The first-order chi connectivity index (χ1) is 13.5. The van der Waals surface area contributed by atoms with Gasteiger partial charge >= 0.3 is 0 Å². The standard InChI is InChI=1S/C21H24N2O4S/c24-21(18-6-5-16-3-1-2-4-17(16)15-18)22-19-7-9-20(10-8-19)28(25,26)23-11-13-27-14-12-23/h5-10,15H,1-4,11-14H2,(H,22,24). The van der Waals surface area contributed by atoms with E-state index in [1.807, 2.05) is 18.2 Å². The third kappa shape index (κ3) is 3.97. The van der Waals surface area contributed by atoms with Crippen LogP contribution in [0.2, 0.25) is 0 Å². The van der Waals surface area contributed by atoms with Crippen LogP contribution in [-0.4, -0.2) is 44.9 Å². The summed E-state index contributed by atoms with van der Waals surface area (Å²) < 4.78 is 32.0. The molecule has 0 spiro atoms. The van der Waals surface area contributed by atoms with Crippen molar-refractivity contribution in [1.82, 2.24) is 4.31 Å². The molecule has 1 heterocycles. The normalized spacial score (nSPS) is 17.7. The average molecular weight is 401 g/mol. The summed E-state index contributed by atoms with van der Waals surface area (Å²) in [6.07, 6.45) is 4.47. The highest BCUT2D eigenvalue weighted by atomic mass is 32.2. The Kier molecular flexibility index (Phi) is 5.48. The maximum absolute atomic E-state index is 12.7. The highest BCUT2D eigenvalue weighted by Crippen LogP contribution is 2.23. The number of hydrogen-bond donors (Lipinski definition) is 1. The number of ether oxygens (including phenoxy) is 1. The minimum absolute atomic E-state index is 0.183. The number of sulfonamides is 1. The van der Waals surface area contributed by atoms with Crippen LogP contribution in [-0.2, 0) is 27.6 Å². The van der Waals surface area contributed by atoms with Crippen molar-refractivity contribution in [3.8, 4) is 0 Å². The second-order valence-corrected chi connectivity index (χ2v) is 9.12. The van der Waals surface area contributed by atoms with E-state index in [2.05, 4.69) is 5.32 Å². The fraction of sp³-hybridized carbons (Fsp3) is 0.381. The van der Waals surface area contributed by atoms with Gasteiger partial charge in [-0.05, 0) is 73.2 Å². The number of aryl methyl sites for hydroxylation is 2. The minimum atomic E-state index is -3.53. The van der Waals surface area contributed by atoms with Gasteiger partial charge in [0.15, 0.2) is 0 Å². The molecular weight excluding hydrogens is 376 g/mol. The number of morpholine rings is 1. The van der Waals surface area contributed by atoms with Crippen LogP contribution in [0.4, 0.5) is 5.69 Å². The fourth-order valence-electron chi connectivity index (χ4n) is 3.72. The lowest BCUT2D eigenvalue weighted by atomic mass is 9.90. The van der Waals surface area contributed by atoms with Gasteiger partial charge < -0.3 is 10.1 Å². The molecule has 2 aromatic rings. The summed E-state index contributed by atoms with van der Waals surface area (Å²) in [5.41, 5.74) is 3.79. The molecular formula is C21H24N2O4S. The van der Waals surface area contributed by atoms with Crippen molar-refractivity contribution in [3.05, 3.63) is 59.2 Å². The molecule has 1 N–H and O–H groups in total. The lowest BCUT2D eigenvalue weighted by Gasteiger charge is -2.26. The third-order valence-electron chi connectivity index (χ3n) is 5.33. The van der Waals surface area contributed by atoms with E-state index in [4.69, 9.17) is 4.74 Å². The van der Waals surface area contributed by atoms with E-state index in [9.17, 15) is 13.2 Å². The number of benzene rings is 2. The maximum atomic E-state index is 12.7. The molecule has 0 saturated carbocycles. The lowest BCUT2D eigenvalue weighted by molar-refractivity contribution is 0.0730. The largest absolute Gasteiger partial charge is 0.379 e. The van der Waals surface area contributed by atoms with Crippen molar-refractivity contribution >= 4 is 21.6 Å².